The van der Waals surface area contributed by atoms with Gasteiger partial charge in [-0.2, -0.15) is 0 Å². The monoisotopic (exact) mass is 572 g/mol. The van der Waals surface area contributed by atoms with E-state index in [1.807, 2.05) is 47.9 Å². The number of nitrogens with two attached hydrogens (primary N) is 1. The van der Waals surface area contributed by atoms with Crippen LogP contribution in [0.4, 0.5) is 0 Å². The molecule has 0 aliphatic rings. The molecule has 39 heavy (non-hydrogen) atoms. The first kappa shape index (κ1) is 29.6. The summed E-state index contributed by atoms with van der Waals surface area (Å²) in [7, 11) is 0. The molecule has 0 aliphatic carbocycles. The highest BCUT2D eigenvalue weighted by Crippen LogP contribution is 2.37. The van der Waals surface area contributed by atoms with Crippen molar-refractivity contribution in [1.82, 2.24) is 14.9 Å². The second-order valence-electron chi connectivity index (χ2n) is 8.64. The highest BCUT2D eigenvalue weighted by molar-refractivity contribution is 7.16. The van der Waals surface area contributed by atoms with Gasteiger partial charge in [-0.3, -0.25) is 19.0 Å². The molecule has 0 bridgehead atoms. The maximum absolute atomic E-state index is 12.2. The predicted molar refractivity (Wildman–Crippen MR) is 150 cm³/mol. The topological polar surface area (TPSA) is 157 Å². The van der Waals surface area contributed by atoms with Crippen molar-refractivity contribution in [2.24, 2.45) is 5.73 Å². The van der Waals surface area contributed by atoms with Crippen molar-refractivity contribution < 1.29 is 29.3 Å². The number of carboxylic acids is 2. The molecular weight excluding hydrogens is 544 g/mol. The number of imidazole rings is 1. The molecule has 12 heteroatoms. The Kier molecular flexibility index (Phi) is 10.0. The molecule has 0 fully saturated rings. The minimum atomic E-state index is -0.886. The Balaban J connectivity index is 0.000000983. The molecule has 0 spiro atoms. The average molecular weight is 573 g/mol. The quantitative estimate of drug-likeness (QED) is 0.213. The number of carboxylic acid groups (broad SMARTS) is 2. The van der Waals surface area contributed by atoms with Crippen molar-refractivity contribution in [2.45, 2.75) is 39.3 Å². The third-order valence-electron chi connectivity index (χ3n) is 5.64. The Labute approximate surface area is 234 Å². The van der Waals surface area contributed by atoms with Crippen LogP contribution >= 0.6 is 22.9 Å². The lowest BCUT2D eigenvalue weighted by Crippen LogP contribution is -2.34. The van der Waals surface area contributed by atoms with E-state index < -0.39 is 30.0 Å². The molecule has 0 aliphatic heterocycles. The van der Waals surface area contributed by atoms with Gasteiger partial charge in [0.1, 0.15) is 34.1 Å². The van der Waals surface area contributed by atoms with Crippen molar-refractivity contribution in [3.63, 3.8) is 0 Å². The van der Waals surface area contributed by atoms with E-state index in [1.165, 1.54) is 11.3 Å². The zero-order valence-corrected chi connectivity index (χ0v) is 23.1. The van der Waals surface area contributed by atoms with Crippen molar-refractivity contribution in [2.75, 3.05) is 6.54 Å². The summed E-state index contributed by atoms with van der Waals surface area (Å²) in [6.45, 7) is 5.08. The van der Waals surface area contributed by atoms with Gasteiger partial charge in [-0.05, 0) is 50.6 Å². The van der Waals surface area contributed by atoms with Gasteiger partial charge in [0.25, 0.3) is 11.9 Å². The van der Waals surface area contributed by atoms with E-state index in [-0.39, 0.29) is 0 Å². The molecule has 4 aromatic rings. The van der Waals surface area contributed by atoms with E-state index in [2.05, 4.69) is 10.3 Å². The lowest BCUT2D eigenvalue weighted by molar-refractivity contribution is -0.139. The molecule has 0 saturated carbocycles. The van der Waals surface area contributed by atoms with Gasteiger partial charge in [0.2, 0.25) is 0 Å². The largest absolute Gasteiger partial charge is 0.484 e. The van der Waals surface area contributed by atoms with Crippen LogP contribution in [0.5, 0.6) is 5.75 Å². The number of fused-ring (bicyclic) bond motifs is 1. The number of carbonyl (C=O) groups excluding carboxylic acids is 1. The molecule has 2 atom stereocenters. The molecule has 10 nitrogen and oxygen atoms in total. The van der Waals surface area contributed by atoms with Gasteiger partial charge in [-0.1, -0.05) is 35.9 Å². The summed E-state index contributed by atoms with van der Waals surface area (Å²) in [6, 6.07) is 14.4. The highest BCUT2D eigenvalue weighted by Gasteiger charge is 2.21. The summed E-state index contributed by atoms with van der Waals surface area (Å²) in [5, 5.41) is 20.7. The van der Waals surface area contributed by atoms with E-state index >= 15 is 0 Å². The van der Waals surface area contributed by atoms with Crippen LogP contribution in [-0.2, 0) is 16.0 Å². The second-order valence-corrected chi connectivity index (χ2v) is 10.1. The maximum atomic E-state index is 12.2. The number of nitrogens with one attached hydrogen (secondary N) is 1. The van der Waals surface area contributed by atoms with E-state index in [9.17, 15) is 9.59 Å². The Morgan fingerprint density at radius 3 is 2.49 bits per heavy atom. The number of hydrogen-bond donors (Lipinski definition) is 4. The van der Waals surface area contributed by atoms with Crippen LogP contribution in [0.1, 0.15) is 47.7 Å². The first-order valence-corrected chi connectivity index (χ1v) is 13.1. The molecular formula is C27H29ClN4O6S. The van der Waals surface area contributed by atoms with Crippen LogP contribution in [0, 0.1) is 0 Å². The number of nitrogens with zero attached hydrogens (tertiary/aromatic N) is 2. The van der Waals surface area contributed by atoms with Crippen LogP contribution < -0.4 is 15.8 Å². The summed E-state index contributed by atoms with van der Waals surface area (Å²) in [5.41, 5.74) is 9.14. The Bertz CT molecular complexity index is 1480. The fraction of sp³-hybridized carbons (Fsp3) is 0.259. The highest BCUT2D eigenvalue weighted by atomic mass is 35.5. The average Bonchev–Trinajstić information content (AvgIpc) is 3.47. The SMILES string of the molecule is CC(=O)O.C[C@H](NCCc1ccc2ncn(-c3cc(O[C@H](C)c4ccccc4Cl)c(C(N)=O)s3)c2c1)C(=O)O. The molecule has 4 rings (SSSR count). The van der Waals surface area contributed by atoms with E-state index in [4.69, 9.17) is 37.1 Å². The smallest absolute Gasteiger partial charge is 0.320 e. The Morgan fingerprint density at radius 2 is 1.85 bits per heavy atom. The molecule has 2 heterocycles. The van der Waals surface area contributed by atoms with Gasteiger partial charge in [0.15, 0.2) is 0 Å². The van der Waals surface area contributed by atoms with Crippen molar-refractivity contribution in [1.29, 1.82) is 0 Å². The third-order valence-corrected chi connectivity index (χ3v) is 7.11. The van der Waals surface area contributed by atoms with Gasteiger partial charge in [0, 0.05) is 23.6 Å². The lowest BCUT2D eigenvalue weighted by Gasteiger charge is -2.16. The number of aliphatic carboxylic acids is 2. The van der Waals surface area contributed by atoms with Crippen molar-refractivity contribution >= 4 is 51.8 Å². The summed E-state index contributed by atoms with van der Waals surface area (Å²) in [5.74, 6) is -1.91. The van der Waals surface area contributed by atoms with Gasteiger partial charge in [0.05, 0.1) is 11.0 Å². The fourth-order valence-electron chi connectivity index (χ4n) is 3.70. The maximum Gasteiger partial charge on any atom is 0.320 e. The normalized spacial score (nSPS) is 12.3. The minimum absolute atomic E-state index is 0.309. The minimum Gasteiger partial charge on any atom is -0.484 e. The number of carbonyl (C=O) groups is 3. The van der Waals surface area contributed by atoms with Gasteiger partial charge in [-0.15, -0.1) is 11.3 Å². The standard InChI is InChI=1S/C25H25ClN4O4S.C2H4O2/c1-14(25(32)33)28-10-9-16-7-8-19-20(11-16)30(13-29-19)22-12-21(23(35-22)24(27)31)34-15(2)17-5-3-4-6-18(17)26;1-2(3)4/h3-8,11-15,28H,9-10H2,1-2H3,(H2,27,31)(H,32,33);1H3,(H,3,4)/t14-,15+;/m0./s1. The number of aromatic nitrogens is 2. The molecule has 2 aromatic heterocycles. The third kappa shape index (κ3) is 7.79. The second kappa shape index (κ2) is 13.2. The molecule has 0 saturated heterocycles. The summed E-state index contributed by atoms with van der Waals surface area (Å²) in [6.07, 6.45) is 1.95. The number of amides is 1. The molecule has 206 valence electrons. The van der Waals surface area contributed by atoms with Crippen LogP contribution in [0.2, 0.25) is 5.02 Å². The van der Waals surface area contributed by atoms with Gasteiger partial charge in [-0.25, -0.2) is 4.98 Å². The molecule has 0 radical (unpaired) electrons. The van der Waals surface area contributed by atoms with Crippen LogP contribution in [0.15, 0.2) is 54.9 Å². The number of thiophene rings is 1. The first-order valence-electron chi connectivity index (χ1n) is 11.9. The summed E-state index contributed by atoms with van der Waals surface area (Å²) < 4.78 is 8.00. The first-order chi connectivity index (χ1) is 18.5. The fourth-order valence-corrected chi connectivity index (χ4v) is 4.92. The summed E-state index contributed by atoms with van der Waals surface area (Å²) >= 11 is 7.53. The zero-order chi connectivity index (χ0) is 28.7. The van der Waals surface area contributed by atoms with Crippen molar-refractivity contribution in [3.05, 3.63) is 75.9 Å². The van der Waals surface area contributed by atoms with E-state index in [1.54, 1.807) is 25.4 Å². The Hall–Kier alpha value is -3.93. The molecule has 5 N–H and O–H groups in total. The Morgan fingerprint density at radius 1 is 1.15 bits per heavy atom. The van der Waals surface area contributed by atoms with E-state index in [0.717, 1.165) is 34.1 Å². The number of benzene rings is 2. The van der Waals surface area contributed by atoms with Crippen LogP contribution in [0.25, 0.3) is 16.0 Å². The van der Waals surface area contributed by atoms with Gasteiger partial charge < -0.3 is 26.0 Å². The molecule has 1 amide bonds. The molecule has 2 aromatic carbocycles. The number of hydrogen-bond acceptors (Lipinski definition) is 7. The lowest BCUT2D eigenvalue weighted by atomic mass is 10.1. The number of ether oxygens (including phenoxy) is 1. The molecule has 0 unspecified atom stereocenters. The van der Waals surface area contributed by atoms with Gasteiger partial charge >= 0.3 is 5.97 Å². The zero-order valence-electron chi connectivity index (χ0n) is 21.6. The number of rotatable bonds is 10. The van der Waals surface area contributed by atoms with Crippen LogP contribution in [-0.4, -0.2) is 50.2 Å². The predicted octanol–water partition coefficient (Wildman–Crippen LogP) is 4.68. The summed E-state index contributed by atoms with van der Waals surface area (Å²) in [4.78, 5) is 37.0. The van der Waals surface area contributed by atoms with Crippen molar-refractivity contribution in [3.8, 4) is 10.8 Å². The number of halogens is 1. The number of primary amides is 1. The van der Waals surface area contributed by atoms with E-state index in [0.29, 0.717) is 28.6 Å². The van der Waals surface area contributed by atoms with Crippen LogP contribution in [0.3, 0.4) is 0 Å².